The molecule has 0 aliphatic heterocycles. The molecule has 0 aliphatic rings. The quantitative estimate of drug-likeness (QED) is 0.223. The molecule has 0 aromatic carbocycles. The van der Waals surface area contributed by atoms with Crippen molar-refractivity contribution in [1.29, 1.82) is 0 Å². The van der Waals surface area contributed by atoms with Crippen molar-refractivity contribution < 1.29 is 5.11 Å². The van der Waals surface area contributed by atoms with Gasteiger partial charge in [0.1, 0.15) is 0 Å². The van der Waals surface area contributed by atoms with E-state index in [-0.39, 0.29) is 11.5 Å². The van der Waals surface area contributed by atoms with E-state index in [1.54, 1.807) is 0 Å². The lowest BCUT2D eigenvalue weighted by Crippen LogP contribution is -2.34. The molecule has 0 aromatic heterocycles. The predicted molar refractivity (Wildman–Crippen MR) is 108 cm³/mol. The SMILES string of the molecule is CCCCCCCCC(CC)(CCCCCCCC)C([O])CCC. The average Bonchev–Trinajstić information content (AvgIpc) is 2.59. The summed E-state index contributed by atoms with van der Waals surface area (Å²) in [6.45, 7) is 8.99. The summed E-state index contributed by atoms with van der Waals surface area (Å²) in [6.07, 6.45) is 21.1. The molecule has 0 fully saturated rings. The number of rotatable bonds is 18. The Morgan fingerprint density at radius 2 is 1.00 bits per heavy atom. The molecule has 1 unspecified atom stereocenters. The van der Waals surface area contributed by atoms with Gasteiger partial charge in [0.25, 0.3) is 0 Å². The minimum atomic E-state index is -0.334. The van der Waals surface area contributed by atoms with Gasteiger partial charge in [-0.15, -0.1) is 0 Å². The molecular weight excluding hydrogens is 292 g/mol. The van der Waals surface area contributed by atoms with Gasteiger partial charge in [0.15, 0.2) is 0 Å². The van der Waals surface area contributed by atoms with Gasteiger partial charge in [-0.3, -0.25) is 0 Å². The molecule has 0 N–H and O–H groups in total. The first-order valence-electron chi connectivity index (χ1n) is 11.3. The second kappa shape index (κ2) is 16.4. The topological polar surface area (TPSA) is 19.9 Å². The lowest BCUT2D eigenvalue weighted by molar-refractivity contribution is -0.0498. The average molecular weight is 340 g/mol. The minimum absolute atomic E-state index is 0.0888. The molecule has 1 radical (unpaired) electrons. The second-order valence-electron chi connectivity index (χ2n) is 8.03. The standard InChI is InChI=1S/C23H47O/c1-5-9-11-13-15-17-20-23(8-4,22(24)19-7-3)21-18-16-14-12-10-6-2/h22H,5-21H2,1-4H3. The third kappa shape index (κ3) is 10.7. The van der Waals surface area contributed by atoms with E-state index >= 15 is 0 Å². The summed E-state index contributed by atoms with van der Waals surface area (Å²) in [6, 6.07) is 0. The van der Waals surface area contributed by atoms with Crippen LogP contribution in [0.4, 0.5) is 0 Å². The lowest BCUT2D eigenvalue weighted by atomic mass is 9.70. The van der Waals surface area contributed by atoms with Gasteiger partial charge in [-0.05, 0) is 31.1 Å². The molecule has 24 heavy (non-hydrogen) atoms. The summed E-state index contributed by atoms with van der Waals surface area (Å²) in [5, 5.41) is 12.9. The molecule has 0 aliphatic carbocycles. The summed E-state index contributed by atoms with van der Waals surface area (Å²) < 4.78 is 0. The first-order valence-corrected chi connectivity index (χ1v) is 11.3. The van der Waals surface area contributed by atoms with Gasteiger partial charge >= 0.3 is 0 Å². The maximum absolute atomic E-state index is 12.9. The van der Waals surface area contributed by atoms with Crippen LogP contribution in [0.2, 0.25) is 0 Å². The second-order valence-corrected chi connectivity index (χ2v) is 8.03. The molecule has 0 saturated carbocycles. The molecule has 0 bridgehead atoms. The fourth-order valence-electron chi connectivity index (χ4n) is 4.11. The van der Waals surface area contributed by atoms with Crippen LogP contribution in [0.15, 0.2) is 0 Å². The van der Waals surface area contributed by atoms with Crippen molar-refractivity contribution in [1.82, 2.24) is 0 Å². The maximum Gasteiger partial charge on any atom is 0.0985 e. The van der Waals surface area contributed by atoms with Gasteiger partial charge in [-0.1, -0.05) is 111 Å². The Kier molecular flexibility index (Phi) is 16.4. The first kappa shape index (κ1) is 24.0. The van der Waals surface area contributed by atoms with Crippen molar-refractivity contribution in [3.8, 4) is 0 Å². The highest BCUT2D eigenvalue weighted by molar-refractivity contribution is 4.85. The van der Waals surface area contributed by atoms with Crippen LogP contribution in [-0.2, 0) is 5.11 Å². The smallest absolute Gasteiger partial charge is 0.0985 e. The Hall–Kier alpha value is -0.0400. The van der Waals surface area contributed by atoms with E-state index in [1.165, 1.54) is 89.9 Å². The predicted octanol–water partition coefficient (Wildman–Crippen LogP) is 8.48. The van der Waals surface area contributed by atoms with Gasteiger partial charge in [-0.2, -0.15) is 0 Å². The normalized spacial score (nSPS) is 13.4. The van der Waals surface area contributed by atoms with Crippen molar-refractivity contribution in [3.63, 3.8) is 0 Å². The summed E-state index contributed by atoms with van der Waals surface area (Å²) in [7, 11) is 0. The maximum atomic E-state index is 12.9. The first-order chi connectivity index (χ1) is 11.7. The molecule has 1 nitrogen and oxygen atoms in total. The molecule has 1 atom stereocenters. The Morgan fingerprint density at radius 1 is 0.583 bits per heavy atom. The monoisotopic (exact) mass is 339 g/mol. The van der Waals surface area contributed by atoms with Gasteiger partial charge < -0.3 is 0 Å². The van der Waals surface area contributed by atoms with E-state index in [0.29, 0.717) is 0 Å². The van der Waals surface area contributed by atoms with Crippen molar-refractivity contribution in [2.24, 2.45) is 5.41 Å². The van der Waals surface area contributed by atoms with Gasteiger partial charge in [0, 0.05) is 0 Å². The molecule has 0 rings (SSSR count). The van der Waals surface area contributed by atoms with E-state index in [9.17, 15) is 5.11 Å². The van der Waals surface area contributed by atoms with Crippen LogP contribution < -0.4 is 0 Å². The molecule has 0 spiro atoms. The van der Waals surface area contributed by atoms with Gasteiger partial charge in [0.05, 0.1) is 6.10 Å². The van der Waals surface area contributed by atoms with Crippen molar-refractivity contribution in [2.75, 3.05) is 0 Å². The van der Waals surface area contributed by atoms with Gasteiger partial charge in [0.2, 0.25) is 0 Å². The third-order valence-electron chi connectivity index (χ3n) is 5.99. The van der Waals surface area contributed by atoms with Crippen LogP contribution in [0.3, 0.4) is 0 Å². The van der Waals surface area contributed by atoms with Gasteiger partial charge in [-0.25, -0.2) is 5.11 Å². The van der Waals surface area contributed by atoms with Crippen LogP contribution >= 0.6 is 0 Å². The van der Waals surface area contributed by atoms with Crippen LogP contribution in [0.25, 0.3) is 0 Å². The van der Waals surface area contributed by atoms with E-state index in [1.807, 2.05) is 0 Å². The van der Waals surface area contributed by atoms with E-state index < -0.39 is 0 Å². The highest BCUT2D eigenvalue weighted by atomic mass is 16.3. The van der Waals surface area contributed by atoms with E-state index in [2.05, 4.69) is 27.7 Å². The number of unbranched alkanes of at least 4 members (excludes halogenated alkanes) is 10. The highest BCUT2D eigenvalue weighted by Gasteiger charge is 2.35. The Labute approximate surface area is 154 Å². The Balaban J connectivity index is 4.31. The van der Waals surface area contributed by atoms with E-state index in [0.717, 1.165) is 19.3 Å². The zero-order chi connectivity index (χ0) is 18.1. The number of hydrogen-bond acceptors (Lipinski definition) is 0. The largest absolute Gasteiger partial charge is 0.233 e. The molecule has 145 valence electrons. The van der Waals surface area contributed by atoms with Crippen LogP contribution in [0, 0.1) is 5.41 Å². The van der Waals surface area contributed by atoms with Crippen LogP contribution in [0.1, 0.15) is 137 Å². The highest BCUT2D eigenvalue weighted by Crippen LogP contribution is 2.40. The molecular formula is C23H47O. The van der Waals surface area contributed by atoms with Crippen LogP contribution in [-0.4, -0.2) is 6.10 Å². The minimum Gasteiger partial charge on any atom is -0.233 e. The van der Waals surface area contributed by atoms with Crippen molar-refractivity contribution >= 4 is 0 Å². The zero-order valence-corrected chi connectivity index (χ0v) is 17.5. The zero-order valence-electron chi connectivity index (χ0n) is 17.5. The third-order valence-corrected chi connectivity index (χ3v) is 5.99. The summed E-state index contributed by atoms with van der Waals surface area (Å²) in [5.74, 6) is 0. The fourth-order valence-corrected chi connectivity index (χ4v) is 4.11. The lowest BCUT2D eigenvalue weighted by Gasteiger charge is -2.37. The van der Waals surface area contributed by atoms with E-state index in [4.69, 9.17) is 0 Å². The molecule has 0 aromatic rings. The number of hydrogen-bond donors (Lipinski definition) is 0. The molecule has 0 heterocycles. The van der Waals surface area contributed by atoms with Crippen molar-refractivity contribution in [3.05, 3.63) is 0 Å². The Bertz CT molecular complexity index is 232. The summed E-state index contributed by atoms with van der Waals surface area (Å²) >= 11 is 0. The summed E-state index contributed by atoms with van der Waals surface area (Å²) in [4.78, 5) is 0. The molecule has 1 heteroatoms. The molecule has 0 saturated heterocycles. The Morgan fingerprint density at radius 3 is 1.38 bits per heavy atom. The molecule has 0 amide bonds. The summed E-state index contributed by atoms with van der Waals surface area (Å²) in [5.41, 5.74) is 0.0888. The van der Waals surface area contributed by atoms with Crippen LogP contribution in [0.5, 0.6) is 0 Å². The fraction of sp³-hybridized carbons (Fsp3) is 1.00. The van der Waals surface area contributed by atoms with Crippen molar-refractivity contribution in [2.45, 2.75) is 143 Å².